The lowest BCUT2D eigenvalue weighted by Gasteiger charge is -2.15. The van der Waals surface area contributed by atoms with Crippen molar-refractivity contribution in [2.75, 3.05) is 20.6 Å². The smallest absolute Gasteiger partial charge is 0.124 e. The molecule has 0 amide bonds. The molecular formula is C11H15BrFNO. The second-order valence-corrected chi connectivity index (χ2v) is 4.81. The van der Waals surface area contributed by atoms with Gasteiger partial charge in [-0.25, -0.2) is 4.39 Å². The quantitative estimate of drug-likeness (QED) is 0.909. The third kappa shape index (κ3) is 4.73. The van der Waals surface area contributed by atoms with Crippen LogP contribution in [0, 0.1) is 5.82 Å². The Morgan fingerprint density at radius 1 is 1.40 bits per heavy atom. The molecule has 84 valence electrons. The van der Waals surface area contributed by atoms with E-state index >= 15 is 0 Å². The molecule has 0 aromatic heterocycles. The Morgan fingerprint density at radius 3 is 2.60 bits per heavy atom. The second-order valence-electron chi connectivity index (χ2n) is 3.90. The Bertz CT molecular complexity index is 310. The Hall–Kier alpha value is -0.450. The number of aliphatic hydroxyl groups excluding tert-OH is 1. The first-order valence-electron chi connectivity index (χ1n) is 4.75. The molecule has 0 radical (unpaired) electrons. The highest BCUT2D eigenvalue weighted by Gasteiger charge is 2.08. The maximum absolute atomic E-state index is 13.0. The van der Waals surface area contributed by atoms with Crippen molar-refractivity contribution < 1.29 is 9.50 Å². The number of benzene rings is 1. The molecule has 1 atom stereocenters. The molecule has 1 rings (SSSR count). The zero-order valence-electron chi connectivity index (χ0n) is 8.87. The van der Waals surface area contributed by atoms with Crippen molar-refractivity contribution in [2.45, 2.75) is 12.5 Å². The van der Waals surface area contributed by atoms with Crippen molar-refractivity contribution in [3.63, 3.8) is 0 Å². The minimum absolute atomic E-state index is 0.281. The lowest BCUT2D eigenvalue weighted by Crippen LogP contribution is -2.27. The summed E-state index contributed by atoms with van der Waals surface area (Å²) < 4.78 is 13.7. The van der Waals surface area contributed by atoms with Gasteiger partial charge in [0.25, 0.3) is 0 Å². The van der Waals surface area contributed by atoms with Gasteiger partial charge in [0.05, 0.1) is 6.10 Å². The molecule has 1 aromatic rings. The van der Waals surface area contributed by atoms with E-state index in [1.165, 1.54) is 12.1 Å². The summed E-state index contributed by atoms with van der Waals surface area (Å²) in [6.07, 6.45) is 0.00264. The predicted octanol–water partition coefficient (Wildman–Crippen LogP) is 2.05. The van der Waals surface area contributed by atoms with Crippen molar-refractivity contribution in [1.82, 2.24) is 4.90 Å². The highest BCUT2D eigenvalue weighted by molar-refractivity contribution is 9.10. The van der Waals surface area contributed by atoms with Crippen molar-refractivity contribution in [2.24, 2.45) is 0 Å². The van der Waals surface area contributed by atoms with Crippen molar-refractivity contribution in [1.29, 1.82) is 0 Å². The minimum atomic E-state index is -0.464. The molecule has 15 heavy (non-hydrogen) atoms. The van der Waals surface area contributed by atoms with Crippen LogP contribution in [-0.4, -0.2) is 36.8 Å². The lowest BCUT2D eigenvalue weighted by molar-refractivity contribution is 0.137. The third-order valence-corrected chi connectivity index (χ3v) is 2.43. The highest BCUT2D eigenvalue weighted by atomic mass is 79.9. The normalized spacial score (nSPS) is 13.2. The molecule has 4 heteroatoms. The highest BCUT2D eigenvalue weighted by Crippen LogP contribution is 2.16. The largest absolute Gasteiger partial charge is 0.391 e. The molecule has 0 aliphatic rings. The third-order valence-electron chi connectivity index (χ3n) is 1.97. The zero-order valence-corrected chi connectivity index (χ0v) is 10.5. The summed E-state index contributed by atoms with van der Waals surface area (Å²) in [6, 6.07) is 4.67. The first kappa shape index (κ1) is 12.6. The van der Waals surface area contributed by atoms with Crippen molar-refractivity contribution >= 4 is 15.9 Å². The first-order valence-corrected chi connectivity index (χ1v) is 5.54. The molecule has 0 saturated heterocycles. The molecule has 0 aliphatic carbocycles. The first-order chi connectivity index (χ1) is 6.97. The van der Waals surface area contributed by atoms with Crippen LogP contribution in [0.1, 0.15) is 5.56 Å². The number of hydrogen-bond acceptors (Lipinski definition) is 2. The van der Waals surface area contributed by atoms with Crippen LogP contribution in [0.3, 0.4) is 0 Å². The Kier molecular flexibility index (Phi) is 4.70. The van der Waals surface area contributed by atoms with Crippen LogP contribution in [0.4, 0.5) is 4.39 Å². The van der Waals surface area contributed by atoms with Crippen LogP contribution >= 0.6 is 15.9 Å². The van der Waals surface area contributed by atoms with Gasteiger partial charge in [0.2, 0.25) is 0 Å². The molecule has 0 spiro atoms. The second kappa shape index (κ2) is 5.58. The molecule has 2 nitrogen and oxygen atoms in total. The molecule has 0 aliphatic heterocycles. The Balaban J connectivity index is 2.63. The number of likely N-dealkylation sites (N-methyl/N-ethyl adjacent to an activating group) is 1. The van der Waals surface area contributed by atoms with Gasteiger partial charge in [-0.05, 0) is 44.3 Å². The molecule has 0 fully saturated rings. The summed E-state index contributed by atoms with van der Waals surface area (Å²) in [5, 5.41) is 9.68. The van der Waals surface area contributed by atoms with Crippen LogP contribution in [0.2, 0.25) is 0 Å². The van der Waals surface area contributed by atoms with E-state index in [9.17, 15) is 9.50 Å². The van der Waals surface area contributed by atoms with E-state index in [1.807, 2.05) is 25.1 Å². The number of rotatable bonds is 4. The summed E-state index contributed by atoms with van der Waals surface area (Å²) in [6.45, 7) is 0.578. The molecule has 1 aromatic carbocycles. The minimum Gasteiger partial charge on any atom is -0.391 e. The van der Waals surface area contributed by atoms with Gasteiger partial charge in [0.15, 0.2) is 0 Å². The zero-order chi connectivity index (χ0) is 11.4. The maximum Gasteiger partial charge on any atom is 0.124 e. The van der Waals surface area contributed by atoms with Crippen LogP contribution in [0.25, 0.3) is 0 Å². The predicted molar refractivity (Wildman–Crippen MR) is 62.4 cm³/mol. The van der Waals surface area contributed by atoms with Gasteiger partial charge in [-0.1, -0.05) is 15.9 Å². The van der Waals surface area contributed by atoms with Gasteiger partial charge in [-0.2, -0.15) is 0 Å². The van der Waals surface area contributed by atoms with Crippen LogP contribution in [0.5, 0.6) is 0 Å². The number of nitrogens with zero attached hydrogens (tertiary/aromatic N) is 1. The fraction of sp³-hybridized carbons (Fsp3) is 0.455. The van der Waals surface area contributed by atoms with Crippen LogP contribution < -0.4 is 0 Å². The van der Waals surface area contributed by atoms with E-state index in [2.05, 4.69) is 15.9 Å². The van der Waals surface area contributed by atoms with Gasteiger partial charge >= 0.3 is 0 Å². The van der Waals surface area contributed by atoms with Gasteiger partial charge < -0.3 is 10.0 Å². The fourth-order valence-corrected chi connectivity index (χ4v) is 2.00. The standard InChI is InChI=1S/C11H15BrFNO/c1-14(2)7-11(15)5-8-3-9(12)6-10(13)4-8/h3-4,6,11,15H,5,7H2,1-2H3. The summed E-state index contributed by atoms with van der Waals surface area (Å²) in [4.78, 5) is 1.90. The maximum atomic E-state index is 13.0. The SMILES string of the molecule is CN(C)CC(O)Cc1cc(F)cc(Br)c1. The van der Waals surface area contributed by atoms with E-state index < -0.39 is 6.10 Å². The number of halogens is 2. The molecule has 1 unspecified atom stereocenters. The van der Waals surface area contributed by atoms with Crippen molar-refractivity contribution in [3.8, 4) is 0 Å². The van der Waals surface area contributed by atoms with Gasteiger partial charge in [0.1, 0.15) is 5.82 Å². The van der Waals surface area contributed by atoms with E-state index in [4.69, 9.17) is 0 Å². The molecule has 0 heterocycles. The molecule has 0 saturated carbocycles. The average Bonchev–Trinajstić information content (AvgIpc) is 1.98. The van der Waals surface area contributed by atoms with Gasteiger partial charge in [-0.3, -0.25) is 0 Å². The molecule has 0 bridgehead atoms. The van der Waals surface area contributed by atoms with Crippen molar-refractivity contribution in [3.05, 3.63) is 34.1 Å². The van der Waals surface area contributed by atoms with Crippen LogP contribution in [-0.2, 0) is 6.42 Å². The molecule has 1 N–H and O–H groups in total. The van der Waals surface area contributed by atoms with Gasteiger partial charge in [-0.15, -0.1) is 0 Å². The molecular weight excluding hydrogens is 261 g/mol. The summed E-state index contributed by atoms with van der Waals surface area (Å²) in [5.74, 6) is -0.281. The van der Waals surface area contributed by atoms with E-state index in [1.54, 1.807) is 0 Å². The summed E-state index contributed by atoms with van der Waals surface area (Å²) >= 11 is 3.22. The Labute approximate surface area is 97.8 Å². The van der Waals surface area contributed by atoms with E-state index in [0.29, 0.717) is 17.4 Å². The lowest BCUT2D eigenvalue weighted by atomic mass is 10.1. The van der Waals surface area contributed by atoms with E-state index in [0.717, 1.165) is 5.56 Å². The van der Waals surface area contributed by atoms with Crippen LogP contribution in [0.15, 0.2) is 22.7 Å². The topological polar surface area (TPSA) is 23.5 Å². The van der Waals surface area contributed by atoms with Gasteiger partial charge in [0, 0.05) is 11.0 Å². The van der Waals surface area contributed by atoms with E-state index in [-0.39, 0.29) is 5.82 Å². The summed E-state index contributed by atoms with van der Waals surface area (Å²) in [5.41, 5.74) is 0.802. The average molecular weight is 276 g/mol. The monoisotopic (exact) mass is 275 g/mol. The number of aliphatic hydroxyl groups is 1. The Morgan fingerprint density at radius 2 is 2.07 bits per heavy atom. The fourth-order valence-electron chi connectivity index (χ4n) is 1.49. The summed E-state index contributed by atoms with van der Waals surface area (Å²) in [7, 11) is 3.79. The number of hydrogen-bond donors (Lipinski definition) is 1.